The van der Waals surface area contributed by atoms with Crippen LogP contribution in [0.2, 0.25) is 0 Å². The Bertz CT molecular complexity index is 851. The highest BCUT2D eigenvalue weighted by Crippen LogP contribution is 2.26. The Balaban J connectivity index is 2.05. The summed E-state index contributed by atoms with van der Waals surface area (Å²) in [6.07, 6.45) is 2.38. The summed E-state index contributed by atoms with van der Waals surface area (Å²) in [6.45, 7) is 0.0913. The van der Waals surface area contributed by atoms with Gasteiger partial charge in [-0.1, -0.05) is 18.2 Å². The molecule has 2 aromatic carbocycles. The number of carbonyl (C=O) groups excluding carboxylic acids is 2. The Labute approximate surface area is 180 Å². The van der Waals surface area contributed by atoms with E-state index in [2.05, 4.69) is 5.32 Å². The van der Waals surface area contributed by atoms with Crippen LogP contribution in [0.5, 0.6) is 11.5 Å². The van der Waals surface area contributed by atoms with E-state index in [9.17, 15) is 9.59 Å². The second kappa shape index (κ2) is 12.9. The van der Waals surface area contributed by atoms with Gasteiger partial charge in [-0.05, 0) is 54.8 Å². The fourth-order valence-electron chi connectivity index (χ4n) is 2.66. The highest BCUT2D eigenvalue weighted by molar-refractivity contribution is 5.86. The summed E-state index contributed by atoms with van der Waals surface area (Å²) in [4.78, 5) is 23.5. The van der Waals surface area contributed by atoms with Gasteiger partial charge in [-0.15, -0.1) is 0 Å². The van der Waals surface area contributed by atoms with E-state index < -0.39 is 18.1 Å². The van der Waals surface area contributed by atoms with E-state index >= 15 is 0 Å². The molecule has 0 saturated carbocycles. The number of rotatable bonds is 11. The molecule has 0 heterocycles. The Morgan fingerprint density at radius 3 is 2.35 bits per heavy atom. The van der Waals surface area contributed by atoms with Crippen molar-refractivity contribution < 1.29 is 34.1 Å². The third-order valence-electron chi connectivity index (χ3n) is 4.17. The van der Waals surface area contributed by atoms with Gasteiger partial charge in [0.25, 0.3) is 5.91 Å². The molecule has 2 amide bonds. The Morgan fingerprint density at radius 1 is 1.06 bits per heavy atom. The predicted octanol–water partition coefficient (Wildman–Crippen LogP) is 3.20. The smallest absolute Gasteiger partial charge is 0.412 e. The van der Waals surface area contributed by atoms with Gasteiger partial charge in [-0.3, -0.25) is 15.3 Å². The van der Waals surface area contributed by atoms with E-state index in [1.54, 1.807) is 61.7 Å². The fraction of sp³-hybridized carbons (Fsp3) is 0.273. The Morgan fingerprint density at radius 2 is 1.74 bits per heavy atom. The average Bonchev–Trinajstić information content (AvgIpc) is 2.80. The van der Waals surface area contributed by atoms with Gasteiger partial charge in [0.15, 0.2) is 0 Å². The lowest BCUT2D eigenvalue weighted by molar-refractivity contribution is -0.124. The second-order valence-corrected chi connectivity index (χ2v) is 6.34. The number of anilines is 1. The number of methoxy groups -OCH3 is 1. The van der Waals surface area contributed by atoms with Crippen molar-refractivity contribution in [2.75, 3.05) is 25.6 Å². The van der Waals surface area contributed by atoms with Crippen molar-refractivity contribution in [3.8, 4) is 11.5 Å². The maximum atomic E-state index is 12.4. The van der Waals surface area contributed by atoms with E-state index in [4.69, 9.17) is 24.5 Å². The van der Waals surface area contributed by atoms with E-state index in [-0.39, 0.29) is 13.2 Å². The van der Waals surface area contributed by atoms with Crippen molar-refractivity contribution in [1.29, 1.82) is 0 Å². The van der Waals surface area contributed by atoms with Crippen molar-refractivity contribution in [2.24, 2.45) is 0 Å². The van der Waals surface area contributed by atoms with Gasteiger partial charge in [0.1, 0.15) is 24.2 Å². The normalized spacial score (nSPS) is 11.6. The molecule has 166 valence electrons. The van der Waals surface area contributed by atoms with Gasteiger partial charge in [0, 0.05) is 11.8 Å². The summed E-state index contributed by atoms with van der Waals surface area (Å²) in [6, 6.07) is 13.8. The number of allylic oxidation sites excluding steroid dienone is 1. The first kappa shape index (κ1) is 23.7. The van der Waals surface area contributed by atoms with E-state index in [0.717, 1.165) is 5.56 Å². The van der Waals surface area contributed by atoms with Gasteiger partial charge in [0.05, 0.1) is 13.7 Å². The molecule has 0 bridgehead atoms. The summed E-state index contributed by atoms with van der Waals surface area (Å²) >= 11 is 0. The number of hydrogen-bond acceptors (Lipinski definition) is 7. The van der Waals surface area contributed by atoms with Crippen molar-refractivity contribution in [1.82, 2.24) is 5.48 Å². The van der Waals surface area contributed by atoms with Crippen LogP contribution in [-0.4, -0.2) is 42.6 Å². The summed E-state index contributed by atoms with van der Waals surface area (Å²) in [5.41, 5.74) is 2.80. The minimum absolute atomic E-state index is 0.0905. The molecule has 9 heteroatoms. The van der Waals surface area contributed by atoms with E-state index in [0.29, 0.717) is 30.0 Å². The van der Waals surface area contributed by atoms with Gasteiger partial charge in [0.2, 0.25) is 0 Å². The number of nitrogens with one attached hydrogen (secondary N) is 2. The largest absolute Gasteiger partial charge is 0.497 e. The Kier molecular flexibility index (Phi) is 9.86. The molecule has 31 heavy (non-hydrogen) atoms. The van der Waals surface area contributed by atoms with Crippen LogP contribution in [0.4, 0.5) is 10.5 Å². The maximum Gasteiger partial charge on any atom is 0.412 e. The first-order valence-corrected chi connectivity index (χ1v) is 9.61. The minimum Gasteiger partial charge on any atom is -0.497 e. The molecule has 2 rings (SSSR count). The molecular formula is C22H26N2O7. The van der Waals surface area contributed by atoms with Crippen molar-refractivity contribution in [2.45, 2.75) is 18.9 Å². The fourth-order valence-corrected chi connectivity index (χ4v) is 2.66. The van der Waals surface area contributed by atoms with Crippen LogP contribution in [0.25, 0.3) is 0 Å². The van der Waals surface area contributed by atoms with Crippen LogP contribution in [0.1, 0.15) is 24.5 Å². The number of hydroxylamine groups is 1. The minimum atomic E-state index is -0.639. The first-order chi connectivity index (χ1) is 15.0. The van der Waals surface area contributed by atoms with Crippen LogP contribution in [0.3, 0.4) is 0 Å². The number of hydrogen-bond donors (Lipinski definition) is 4. The second-order valence-electron chi connectivity index (χ2n) is 6.34. The molecule has 0 unspecified atom stereocenters. The molecule has 9 nitrogen and oxygen atoms in total. The zero-order valence-electron chi connectivity index (χ0n) is 17.1. The molecule has 0 aliphatic rings. The highest BCUT2D eigenvalue weighted by atomic mass is 16.6. The summed E-state index contributed by atoms with van der Waals surface area (Å²) in [7, 11) is 1.56. The monoisotopic (exact) mass is 430 g/mol. The zero-order valence-corrected chi connectivity index (χ0v) is 17.1. The Hall–Kier alpha value is -3.56. The number of aliphatic hydroxyl groups is 1. The highest BCUT2D eigenvalue weighted by Gasteiger charge is 2.17. The summed E-state index contributed by atoms with van der Waals surface area (Å²) in [5.74, 6) is 0.609. The summed E-state index contributed by atoms with van der Waals surface area (Å²) < 4.78 is 16.0. The molecule has 0 aromatic heterocycles. The van der Waals surface area contributed by atoms with Crippen LogP contribution >= 0.6 is 0 Å². The maximum absolute atomic E-state index is 12.4. The van der Waals surface area contributed by atoms with E-state index in [1.807, 2.05) is 0 Å². The number of amides is 2. The zero-order chi connectivity index (χ0) is 22.5. The van der Waals surface area contributed by atoms with Crippen LogP contribution < -0.4 is 20.3 Å². The molecule has 2 aromatic rings. The number of carbonyl (C=O) groups is 2. The quantitative estimate of drug-likeness (QED) is 0.245. The topological polar surface area (TPSA) is 126 Å². The molecule has 0 fully saturated rings. The number of benzene rings is 2. The average molecular weight is 430 g/mol. The first-order valence-electron chi connectivity index (χ1n) is 9.61. The van der Waals surface area contributed by atoms with Crippen LogP contribution in [0, 0.1) is 0 Å². The van der Waals surface area contributed by atoms with Crippen LogP contribution in [0.15, 0.2) is 60.7 Å². The predicted molar refractivity (Wildman–Crippen MR) is 113 cm³/mol. The molecule has 0 aliphatic heterocycles. The van der Waals surface area contributed by atoms with Gasteiger partial charge in [-0.2, -0.15) is 0 Å². The molecule has 1 atom stereocenters. The van der Waals surface area contributed by atoms with Gasteiger partial charge in [-0.25, -0.2) is 10.3 Å². The van der Waals surface area contributed by atoms with E-state index in [1.165, 1.54) is 11.6 Å². The van der Waals surface area contributed by atoms with Crippen molar-refractivity contribution >= 4 is 17.7 Å². The van der Waals surface area contributed by atoms with Crippen molar-refractivity contribution in [3.63, 3.8) is 0 Å². The molecule has 0 saturated heterocycles. The number of aliphatic hydroxyl groups excluding tert-OH is 1. The molecule has 0 aliphatic carbocycles. The molecule has 4 N–H and O–H groups in total. The third-order valence-corrected chi connectivity index (χ3v) is 4.17. The lowest BCUT2D eigenvalue weighted by Crippen LogP contribution is -2.18. The van der Waals surface area contributed by atoms with Crippen molar-refractivity contribution in [3.05, 3.63) is 66.2 Å². The van der Waals surface area contributed by atoms with Gasteiger partial charge >= 0.3 is 6.09 Å². The SMILES string of the molecule is COc1ccc(NC(=O)O[C@H](CC/C=C/C(=O)NO)c2ccc(OCCO)cc2)cc1. The molecule has 0 spiro atoms. The summed E-state index contributed by atoms with van der Waals surface area (Å²) in [5, 5.41) is 20.1. The lowest BCUT2D eigenvalue weighted by atomic mass is 10.0. The van der Waals surface area contributed by atoms with Gasteiger partial charge < -0.3 is 19.3 Å². The third kappa shape index (κ3) is 8.37. The molecule has 0 radical (unpaired) electrons. The van der Waals surface area contributed by atoms with Crippen LogP contribution in [-0.2, 0) is 9.53 Å². The number of ether oxygens (including phenoxy) is 3. The molecular weight excluding hydrogens is 404 g/mol. The lowest BCUT2D eigenvalue weighted by Gasteiger charge is -2.19. The standard InChI is InChI=1S/C22H26N2O7/c1-29-18-12-8-17(9-13-18)23-22(27)31-20(4-2-3-5-21(26)24-28)16-6-10-19(11-7-16)30-15-14-25/h3,5-13,20,25,28H,2,4,14-15H2,1H3,(H,23,27)(H,24,26)/b5-3+/t20-/m1/s1.